The number of Topliss-reactive ketones (excluding diaryl/α,β-unsaturated/α-hetero) is 1. The van der Waals surface area contributed by atoms with Gasteiger partial charge in [-0.05, 0) is 42.2 Å². The number of piperazine rings is 1. The number of rotatable bonds is 4. The predicted molar refractivity (Wildman–Crippen MR) is 125 cm³/mol. The maximum absolute atomic E-state index is 13.4. The molecule has 2 aliphatic heterocycles. The highest BCUT2D eigenvalue weighted by Crippen LogP contribution is 2.48. The summed E-state index contributed by atoms with van der Waals surface area (Å²) in [5.74, 6) is -0.246. The summed E-state index contributed by atoms with van der Waals surface area (Å²) in [7, 11) is 1.29. The summed E-state index contributed by atoms with van der Waals surface area (Å²) in [6.45, 7) is 2.99. The van der Waals surface area contributed by atoms with Crippen molar-refractivity contribution in [2.45, 2.75) is 25.7 Å². The highest BCUT2D eigenvalue weighted by molar-refractivity contribution is 6.09. The average molecular weight is 459 g/mol. The fourth-order valence-electron chi connectivity index (χ4n) is 5.14. The van der Waals surface area contributed by atoms with Crippen molar-refractivity contribution in [3.05, 3.63) is 82.7 Å². The van der Waals surface area contributed by atoms with E-state index < -0.39 is 11.9 Å². The monoisotopic (exact) mass is 458 g/mol. The third-order valence-electron chi connectivity index (χ3n) is 6.53. The van der Waals surface area contributed by atoms with Gasteiger partial charge in [0.25, 0.3) is 5.91 Å². The number of para-hydroxylation sites is 1. The van der Waals surface area contributed by atoms with Gasteiger partial charge in [0.1, 0.15) is 17.2 Å². The van der Waals surface area contributed by atoms with Crippen molar-refractivity contribution in [2.24, 2.45) is 5.92 Å². The van der Waals surface area contributed by atoms with Crippen LogP contribution in [0.4, 0.5) is 0 Å². The Bertz CT molecular complexity index is 1230. The first-order valence-corrected chi connectivity index (χ1v) is 11.4. The van der Waals surface area contributed by atoms with Crippen molar-refractivity contribution in [1.29, 1.82) is 0 Å². The minimum atomic E-state index is -0.711. The Balaban J connectivity index is 1.69. The number of carbonyl (C=O) groups excluding carboxylic acids is 3. The number of hydrogen-bond acceptors (Lipinski definition) is 6. The van der Waals surface area contributed by atoms with Crippen LogP contribution in [0.1, 0.15) is 31.2 Å². The second-order valence-electron chi connectivity index (χ2n) is 8.88. The molecule has 0 saturated carbocycles. The van der Waals surface area contributed by atoms with Crippen LogP contribution in [0.15, 0.2) is 77.1 Å². The zero-order valence-corrected chi connectivity index (χ0v) is 19.2. The summed E-state index contributed by atoms with van der Waals surface area (Å²) in [5.41, 5.74) is 2.58. The lowest BCUT2D eigenvalue weighted by Crippen LogP contribution is -2.50. The van der Waals surface area contributed by atoms with E-state index in [2.05, 4.69) is 5.32 Å². The number of carbonyl (C=O) groups is 3. The van der Waals surface area contributed by atoms with Crippen molar-refractivity contribution in [3.63, 3.8) is 0 Å². The lowest BCUT2D eigenvalue weighted by Gasteiger charge is -2.44. The summed E-state index contributed by atoms with van der Waals surface area (Å²) in [6.07, 6.45) is 1.07. The molecule has 3 aliphatic rings. The van der Waals surface area contributed by atoms with Gasteiger partial charge in [0.2, 0.25) is 0 Å². The molecule has 34 heavy (non-hydrogen) atoms. The molecule has 174 valence electrons. The first-order valence-electron chi connectivity index (χ1n) is 11.4. The largest absolute Gasteiger partial charge is 0.466 e. The van der Waals surface area contributed by atoms with Crippen molar-refractivity contribution in [2.75, 3.05) is 20.2 Å². The summed E-state index contributed by atoms with van der Waals surface area (Å²) in [4.78, 5) is 41.4. The van der Waals surface area contributed by atoms with Gasteiger partial charge < -0.3 is 19.7 Å². The molecule has 0 unspecified atom stereocenters. The van der Waals surface area contributed by atoms with Crippen LogP contribution in [-0.4, -0.2) is 42.8 Å². The fourth-order valence-corrected chi connectivity index (χ4v) is 5.14. The Labute approximate surface area is 198 Å². The SMILES string of the molecule is COC(=O)C1=C2C(=O)NCCN2C2=C(C(=O)C[C@@H](C)C2)[C@@H]1c1cccc(Oc2ccccc2)c1. The Morgan fingerprint density at radius 3 is 2.56 bits per heavy atom. The third kappa shape index (κ3) is 3.77. The van der Waals surface area contributed by atoms with Crippen LogP contribution in [0.25, 0.3) is 0 Å². The molecule has 2 aromatic rings. The number of fused-ring (bicyclic) bond motifs is 2. The van der Waals surface area contributed by atoms with Crippen LogP contribution >= 0.6 is 0 Å². The second kappa shape index (κ2) is 8.82. The highest BCUT2D eigenvalue weighted by Gasteiger charge is 2.46. The number of benzene rings is 2. The van der Waals surface area contributed by atoms with Gasteiger partial charge in [-0.1, -0.05) is 37.3 Å². The smallest absolute Gasteiger partial charge is 0.337 e. The Morgan fingerprint density at radius 1 is 1.03 bits per heavy atom. The average Bonchev–Trinajstić information content (AvgIpc) is 2.84. The number of nitrogens with zero attached hydrogens (tertiary/aromatic N) is 1. The molecular weight excluding hydrogens is 432 g/mol. The highest BCUT2D eigenvalue weighted by atomic mass is 16.5. The Kier molecular flexibility index (Phi) is 5.69. The molecule has 7 heteroatoms. The maximum Gasteiger partial charge on any atom is 0.337 e. The van der Waals surface area contributed by atoms with Gasteiger partial charge in [-0.3, -0.25) is 9.59 Å². The fraction of sp³-hybridized carbons (Fsp3) is 0.296. The van der Waals surface area contributed by atoms with Crippen LogP contribution in [0, 0.1) is 5.92 Å². The molecule has 2 heterocycles. The minimum Gasteiger partial charge on any atom is -0.466 e. The molecule has 0 radical (unpaired) electrons. The topological polar surface area (TPSA) is 84.9 Å². The first kappa shape index (κ1) is 21.9. The molecule has 7 nitrogen and oxygen atoms in total. The van der Waals surface area contributed by atoms with E-state index in [0.717, 1.165) is 5.70 Å². The van der Waals surface area contributed by atoms with Gasteiger partial charge in [-0.25, -0.2) is 4.79 Å². The molecule has 0 bridgehead atoms. The van der Waals surface area contributed by atoms with Gasteiger partial charge in [0.05, 0.1) is 12.7 Å². The normalized spacial score (nSPS) is 22.1. The quantitative estimate of drug-likeness (QED) is 0.704. The Hall–Kier alpha value is -3.87. The number of allylic oxidation sites excluding steroid dienone is 2. The van der Waals surface area contributed by atoms with Crippen LogP contribution in [-0.2, 0) is 19.1 Å². The van der Waals surface area contributed by atoms with E-state index >= 15 is 0 Å². The zero-order valence-electron chi connectivity index (χ0n) is 19.2. The molecule has 1 aliphatic carbocycles. The molecule has 0 aromatic heterocycles. The van der Waals surface area contributed by atoms with E-state index in [1.54, 1.807) is 0 Å². The summed E-state index contributed by atoms with van der Waals surface area (Å²) in [5, 5.41) is 2.85. The zero-order chi connectivity index (χ0) is 23.8. The van der Waals surface area contributed by atoms with E-state index in [0.29, 0.717) is 48.6 Å². The second-order valence-corrected chi connectivity index (χ2v) is 8.88. The number of ether oxygens (including phenoxy) is 2. The number of ketones is 1. The molecule has 1 N–H and O–H groups in total. The summed E-state index contributed by atoms with van der Waals surface area (Å²) < 4.78 is 11.1. The van der Waals surface area contributed by atoms with E-state index in [1.165, 1.54) is 7.11 Å². The van der Waals surface area contributed by atoms with Gasteiger partial charge in [-0.2, -0.15) is 0 Å². The van der Waals surface area contributed by atoms with Crippen LogP contribution in [0.2, 0.25) is 0 Å². The molecular formula is C27H26N2O5. The van der Waals surface area contributed by atoms with Crippen LogP contribution in [0.3, 0.4) is 0 Å². The molecule has 5 rings (SSSR count). The minimum absolute atomic E-state index is 0.000402. The van der Waals surface area contributed by atoms with Crippen LogP contribution in [0.5, 0.6) is 11.5 Å². The lowest BCUT2D eigenvalue weighted by molar-refractivity contribution is -0.137. The number of nitrogens with one attached hydrogen (secondary N) is 1. The summed E-state index contributed by atoms with van der Waals surface area (Å²) >= 11 is 0. The number of amides is 1. The number of esters is 1. The first-order chi connectivity index (χ1) is 16.5. The van der Waals surface area contributed by atoms with Gasteiger partial charge in [0, 0.05) is 36.7 Å². The maximum atomic E-state index is 13.4. The van der Waals surface area contributed by atoms with E-state index in [9.17, 15) is 14.4 Å². The predicted octanol–water partition coefficient (Wildman–Crippen LogP) is 3.69. The van der Waals surface area contributed by atoms with Crippen molar-refractivity contribution >= 4 is 17.7 Å². The van der Waals surface area contributed by atoms with E-state index in [1.807, 2.05) is 66.4 Å². The lowest BCUT2D eigenvalue weighted by atomic mass is 9.72. The molecule has 1 amide bonds. The standard InChI is InChI=1S/C27H26N2O5/c1-16-13-20-23(21(30)14-16)22(24(27(32)33-2)25-26(31)28-11-12-29(20)25)17-7-6-10-19(15-17)34-18-8-4-3-5-9-18/h3-10,15-16,22H,11-14H2,1-2H3,(H,28,31)/t16-,22-/m0/s1. The van der Waals surface area contributed by atoms with Gasteiger partial charge in [0.15, 0.2) is 5.78 Å². The molecule has 2 aromatic carbocycles. The molecule has 0 spiro atoms. The van der Waals surface area contributed by atoms with Crippen molar-refractivity contribution in [1.82, 2.24) is 10.2 Å². The molecule has 1 saturated heterocycles. The third-order valence-corrected chi connectivity index (χ3v) is 6.53. The van der Waals surface area contributed by atoms with E-state index in [4.69, 9.17) is 9.47 Å². The van der Waals surface area contributed by atoms with Gasteiger partial charge in [-0.15, -0.1) is 0 Å². The molecule has 1 fully saturated rings. The van der Waals surface area contributed by atoms with Crippen LogP contribution < -0.4 is 10.1 Å². The van der Waals surface area contributed by atoms with Gasteiger partial charge >= 0.3 is 5.97 Å². The molecule has 2 atom stereocenters. The van der Waals surface area contributed by atoms with Crippen molar-refractivity contribution < 1.29 is 23.9 Å². The number of hydrogen-bond donors (Lipinski definition) is 1. The van der Waals surface area contributed by atoms with Crippen molar-refractivity contribution in [3.8, 4) is 11.5 Å². The Morgan fingerprint density at radius 2 is 1.79 bits per heavy atom. The van der Waals surface area contributed by atoms with E-state index in [-0.39, 0.29) is 28.9 Å². The summed E-state index contributed by atoms with van der Waals surface area (Å²) in [6, 6.07) is 16.7. The number of methoxy groups -OCH3 is 1.